The van der Waals surface area contributed by atoms with Crippen molar-refractivity contribution in [1.82, 2.24) is 5.32 Å². The molecule has 0 aliphatic carbocycles. The van der Waals surface area contributed by atoms with Crippen molar-refractivity contribution < 1.29 is 4.79 Å². The Hall–Kier alpha value is -1.03. The molecule has 0 aliphatic heterocycles. The van der Waals surface area contributed by atoms with Crippen molar-refractivity contribution in [3.63, 3.8) is 0 Å². The lowest BCUT2D eigenvalue weighted by atomic mass is 10.1. The first-order valence-corrected chi connectivity index (χ1v) is 8.02. The molecular weight excluding hydrogens is 313 g/mol. The Balaban J connectivity index is 1.73. The van der Waals surface area contributed by atoms with E-state index < -0.39 is 0 Å². The number of hydrogen-bond donors (Lipinski definition) is 1. The van der Waals surface area contributed by atoms with E-state index in [9.17, 15) is 4.79 Å². The van der Waals surface area contributed by atoms with Crippen LogP contribution in [0.4, 0.5) is 0 Å². The van der Waals surface area contributed by atoms with Crippen molar-refractivity contribution in [3.05, 3.63) is 56.2 Å². The number of carbonyl (C=O) groups excluding carboxylic acids is 1. The fourth-order valence-electron chi connectivity index (χ4n) is 1.86. The normalized spacial score (nSPS) is 10.5. The molecule has 0 aliphatic rings. The third-order valence-corrected chi connectivity index (χ3v) is 4.72. The zero-order chi connectivity index (χ0) is 14.4. The second-order valence-corrected chi connectivity index (χ2v) is 6.21. The van der Waals surface area contributed by atoms with E-state index in [1.165, 1.54) is 4.88 Å². The van der Waals surface area contributed by atoms with Crippen molar-refractivity contribution in [3.8, 4) is 0 Å². The van der Waals surface area contributed by atoms with Crippen LogP contribution in [0.5, 0.6) is 0 Å². The summed E-state index contributed by atoms with van der Waals surface area (Å²) in [5.74, 6) is 0.0394. The van der Waals surface area contributed by atoms with Gasteiger partial charge in [0.25, 0.3) is 0 Å². The monoisotopic (exact) mass is 327 g/mol. The molecule has 106 valence electrons. The lowest BCUT2D eigenvalue weighted by Crippen LogP contribution is -2.25. The van der Waals surface area contributed by atoms with Crippen LogP contribution >= 0.6 is 34.5 Å². The van der Waals surface area contributed by atoms with E-state index in [0.717, 1.165) is 12.0 Å². The predicted octanol–water partition coefficient (Wildman–Crippen LogP) is 4.35. The summed E-state index contributed by atoms with van der Waals surface area (Å²) >= 11 is 13.7. The second kappa shape index (κ2) is 7.67. The number of nitrogens with one attached hydrogen (secondary N) is 1. The molecule has 1 amide bonds. The number of benzene rings is 1. The first kappa shape index (κ1) is 15.4. The lowest BCUT2D eigenvalue weighted by molar-refractivity contribution is -0.121. The molecule has 0 spiro atoms. The lowest BCUT2D eigenvalue weighted by Gasteiger charge is -2.06. The molecule has 20 heavy (non-hydrogen) atoms. The van der Waals surface area contributed by atoms with Gasteiger partial charge in [0, 0.05) is 17.8 Å². The van der Waals surface area contributed by atoms with Gasteiger partial charge in [0.15, 0.2) is 0 Å². The predicted molar refractivity (Wildman–Crippen MR) is 85.8 cm³/mol. The van der Waals surface area contributed by atoms with E-state index in [2.05, 4.69) is 11.4 Å². The molecular formula is C15H15Cl2NOS. The van der Waals surface area contributed by atoms with Crippen LogP contribution in [-0.2, 0) is 17.6 Å². The number of aryl methyl sites for hydroxylation is 1. The average Bonchev–Trinajstić information content (AvgIpc) is 2.94. The van der Waals surface area contributed by atoms with Crippen molar-refractivity contribution in [2.45, 2.75) is 19.3 Å². The van der Waals surface area contributed by atoms with Gasteiger partial charge in [-0.25, -0.2) is 0 Å². The molecule has 1 N–H and O–H groups in total. The fraction of sp³-hybridized carbons (Fsp3) is 0.267. The number of carbonyl (C=O) groups is 1. The highest BCUT2D eigenvalue weighted by atomic mass is 35.5. The summed E-state index contributed by atoms with van der Waals surface area (Å²) in [4.78, 5) is 13.0. The first-order valence-electron chi connectivity index (χ1n) is 6.39. The van der Waals surface area contributed by atoms with Gasteiger partial charge in [0.1, 0.15) is 0 Å². The minimum atomic E-state index is 0.0394. The van der Waals surface area contributed by atoms with Crippen molar-refractivity contribution >= 4 is 40.4 Å². The van der Waals surface area contributed by atoms with Crippen LogP contribution in [0.25, 0.3) is 0 Å². The Bertz CT molecular complexity index is 569. The molecule has 0 fully saturated rings. The SMILES string of the molecule is O=C(CCc1cccc(Cl)c1Cl)NCCc1cccs1. The van der Waals surface area contributed by atoms with Gasteiger partial charge in [-0.2, -0.15) is 0 Å². The Labute approximate surface area is 132 Å². The molecule has 1 aromatic heterocycles. The van der Waals surface area contributed by atoms with E-state index in [4.69, 9.17) is 23.2 Å². The molecule has 0 atom stereocenters. The summed E-state index contributed by atoms with van der Waals surface area (Å²) in [6.07, 6.45) is 1.90. The van der Waals surface area contributed by atoms with Gasteiger partial charge in [0.05, 0.1) is 10.0 Å². The van der Waals surface area contributed by atoms with Crippen molar-refractivity contribution in [2.24, 2.45) is 0 Å². The van der Waals surface area contributed by atoms with Crippen LogP contribution in [0.15, 0.2) is 35.7 Å². The minimum absolute atomic E-state index is 0.0394. The van der Waals surface area contributed by atoms with Crippen molar-refractivity contribution in [1.29, 1.82) is 0 Å². The number of rotatable bonds is 6. The molecule has 2 nitrogen and oxygen atoms in total. The number of halogens is 2. The van der Waals surface area contributed by atoms with Crippen LogP contribution in [-0.4, -0.2) is 12.5 Å². The molecule has 1 heterocycles. The summed E-state index contributed by atoms with van der Waals surface area (Å²) in [7, 11) is 0. The topological polar surface area (TPSA) is 29.1 Å². The summed E-state index contributed by atoms with van der Waals surface area (Å²) < 4.78 is 0. The third kappa shape index (κ3) is 4.51. The summed E-state index contributed by atoms with van der Waals surface area (Å²) in [5, 5.41) is 6.03. The van der Waals surface area contributed by atoms with E-state index in [-0.39, 0.29) is 5.91 Å². The molecule has 5 heteroatoms. The highest BCUT2D eigenvalue weighted by Gasteiger charge is 2.07. The van der Waals surface area contributed by atoms with Gasteiger partial charge in [-0.15, -0.1) is 11.3 Å². The molecule has 0 unspecified atom stereocenters. The van der Waals surface area contributed by atoms with E-state index in [0.29, 0.717) is 29.4 Å². The second-order valence-electron chi connectivity index (χ2n) is 4.39. The summed E-state index contributed by atoms with van der Waals surface area (Å²) in [6.45, 7) is 0.669. The third-order valence-electron chi connectivity index (χ3n) is 2.93. The van der Waals surface area contributed by atoms with E-state index >= 15 is 0 Å². The molecule has 0 saturated heterocycles. The van der Waals surface area contributed by atoms with Gasteiger partial charge in [-0.05, 0) is 35.9 Å². The quantitative estimate of drug-likeness (QED) is 0.839. The van der Waals surface area contributed by atoms with Crippen LogP contribution in [0, 0.1) is 0 Å². The zero-order valence-corrected chi connectivity index (χ0v) is 13.2. The number of amides is 1. The number of hydrogen-bond acceptors (Lipinski definition) is 2. The van der Waals surface area contributed by atoms with E-state index in [1.807, 2.05) is 23.6 Å². The molecule has 1 aromatic carbocycles. The maximum absolute atomic E-state index is 11.8. The molecule has 0 saturated carbocycles. The molecule has 0 bridgehead atoms. The largest absolute Gasteiger partial charge is 0.356 e. The maximum atomic E-state index is 11.8. The van der Waals surface area contributed by atoms with Gasteiger partial charge in [-0.1, -0.05) is 41.4 Å². The van der Waals surface area contributed by atoms with Crippen molar-refractivity contribution in [2.75, 3.05) is 6.54 Å². The minimum Gasteiger partial charge on any atom is -0.356 e. The van der Waals surface area contributed by atoms with Gasteiger partial charge >= 0.3 is 0 Å². The molecule has 2 rings (SSSR count). The van der Waals surface area contributed by atoms with Crippen LogP contribution in [0.2, 0.25) is 10.0 Å². The highest BCUT2D eigenvalue weighted by Crippen LogP contribution is 2.26. The number of thiophene rings is 1. The van der Waals surface area contributed by atoms with Gasteiger partial charge in [0.2, 0.25) is 5.91 Å². The Morgan fingerprint density at radius 3 is 2.75 bits per heavy atom. The van der Waals surface area contributed by atoms with Gasteiger partial charge in [-0.3, -0.25) is 4.79 Å². The molecule has 2 aromatic rings. The van der Waals surface area contributed by atoms with Crippen LogP contribution in [0.1, 0.15) is 16.9 Å². The van der Waals surface area contributed by atoms with E-state index in [1.54, 1.807) is 17.4 Å². The summed E-state index contributed by atoms with van der Waals surface area (Å²) in [6, 6.07) is 9.57. The highest BCUT2D eigenvalue weighted by molar-refractivity contribution is 7.09. The van der Waals surface area contributed by atoms with Gasteiger partial charge < -0.3 is 5.32 Å². The fourth-order valence-corrected chi connectivity index (χ4v) is 2.98. The zero-order valence-electron chi connectivity index (χ0n) is 10.9. The first-order chi connectivity index (χ1) is 9.66. The standard InChI is InChI=1S/C15H15Cl2NOS/c16-13-5-1-3-11(15(13)17)6-7-14(19)18-9-8-12-4-2-10-20-12/h1-5,10H,6-9H2,(H,18,19). The maximum Gasteiger partial charge on any atom is 0.220 e. The van der Waals surface area contributed by atoms with Crippen LogP contribution in [0.3, 0.4) is 0 Å². The Morgan fingerprint density at radius 2 is 2.00 bits per heavy atom. The smallest absolute Gasteiger partial charge is 0.220 e. The Morgan fingerprint density at radius 1 is 1.15 bits per heavy atom. The molecule has 0 radical (unpaired) electrons. The summed E-state index contributed by atoms with van der Waals surface area (Å²) in [5.41, 5.74) is 0.910. The average molecular weight is 328 g/mol. The van der Waals surface area contributed by atoms with Crippen LogP contribution < -0.4 is 5.32 Å². The Kier molecular flexibility index (Phi) is 5.89.